The van der Waals surface area contributed by atoms with Crippen molar-refractivity contribution < 1.29 is 64.7 Å². The Morgan fingerprint density at radius 3 is 1.48 bits per heavy atom. The van der Waals surface area contributed by atoms with Crippen LogP contribution in [-0.4, -0.2) is 33.2 Å². The largest absolute Gasteiger partial charge is 0.500 e. The van der Waals surface area contributed by atoms with Gasteiger partial charge < -0.3 is 22.7 Å². The van der Waals surface area contributed by atoms with Gasteiger partial charge in [-0.25, -0.2) is 0 Å². The maximum absolute atomic E-state index is 5.93. The average molecular weight is 1670 g/mol. The van der Waals surface area contributed by atoms with E-state index in [9.17, 15) is 0 Å². The van der Waals surface area contributed by atoms with E-state index in [4.69, 9.17) is 4.42 Å². The Bertz CT molecular complexity index is 3930. The molecule has 0 N–H and O–H groups in total. The minimum atomic E-state index is 0. The summed E-state index contributed by atoms with van der Waals surface area (Å²) in [6.45, 7) is 19.2. The molecule has 8 nitrogen and oxygen atoms in total. The Hall–Kier alpha value is -5.84. The van der Waals surface area contributed by atoms with Gasteiger partial charge in [-0.2, -0.15) is 0 Å². The first-order chi connectivity index (χ1) is 35.7. The molecule has 0 fully saturated rings. The first kappa shape index (κ1) is 58.8. The number of nitrogens with zero attached hydrogens (tertiary/aromatic N) is 7. The van der Waals surface area contributed by atoms with Gasteiger partial charge in [0, 0.05) is 135 Å². The van der Waals surface area contributed by atoms with Crippen LogP contribution in [0.25, 0.3) is 78.9 Å². The van der Waals surface area contributed by atoms with E-state index in [1.54, 1.807) is 0 Å². The van der Waals surface area contributed by atoms with Gasteiger partial charge in [0.1, 0.15) is 5.58 Å². The number of imidazole rings is 3. The maximum Gasteiger partial charge on any atom is 0.120 e. The Morgan fingerprint density at radius 1 is 0.442 bits per heavy atom. The standard InChI is InChI=1S/C24H19N2O.C22H18Br2N3.C18H17N2.3Ir/c1-15-12-16(2)23(17(3)13-15)26-11-10-25-24(26)18-8-9-22-20(14-18)19-6-4-5-7-21(19)27-22;1-14-11-18(23)13-20(24)21(14)26-10-9-25-22(26)17-5-4-6-19(12-17)27-15(2)7-8-16(27)3;1-13-11-14(2)17(15(3)12-13)20-10-9-19-18(20)16-7-5-4-6-8-16;;;/h4-7,9-14H,1-3H3;4,6-13H,1-3H3;4-7,9-12H,1-3H3;;;/q3*-1;;;. The van der Waals surface area contributed by atoms with Crippen LogP contribution in [0.2, 0.25) is 0 Å². The van der Waals surface area contributed by atoms with E-state index in [1.165, 1.54) is 56.1 Å². The van der Waals surface area contributed by atoms with Crippen LogP contribution >= 0.6 is 31.9 Å². The van der Waals surface area contributed by atoms with Crippen LogP contribution in [0.3, 0.4) is 0 Å². The van der Waals surface area contributed by atoms with Gasteiger partial charge in [0.15, 0.2) is 0 Å². The fourth-order valence-corrected chi connectivity index (χ4v) is 11.9. The maximum atomic E-state index is 5.93. The van der Waals surface area contributed by atoms with Crippen LogP contribution in [0.4, 0.5) is 0 Å². The van der Waals surface area contributed by atoms with Crippen LogP contribution in [0.15, 0.2) is 178 Å². The van der Waals surface area contributed by atoms with E-state index in [2.05, 4.69) is 218 Å². The summed E-state index contributed by atoms with van der Waals surface area (Å²) in [5.74, 6) is 2.68. The molecule has 0 aliphatic carbocycles. The van der Waals surface area contributed by atoms with Gasteiger partial charge in [-0.3, -0.25) is 15.0 Å². The Morgan fingerprint density at radius 2 is 0.935 bits per heavy atom. The minimum Gasteiger partial charge on any atom is -0.500 e. The van der Waals surface area contributed by atoms with Crippen molar-refractivity contribution in [2.75, 3.05) is 0 Å². The number of halogens is 2. The van der Waals surface area contributed by atoms with Crippen molar-refractivity contribution in [2.45, 2.75) is 62.3 Å². The Labute approximate surface area is 508 Å². The Balaban J connectivity index is 0.000000167. The van der Waals surface area contributed by atoms with Crippen molar-refractivity contribution in [1.82, 2.24) is 33.2 Å². The molecule has 12 rings (SSSR count). The number of fused-ring (bicyclic) bond motifs is 3. The second-order valence-corrected chi connectivity index (χ2v) is 20.6. The summed E-state index contributed by atoms with van der Waals surface area (Å²) in [4.78, 5) is 13.8. The Kier molecular flexibility index (Phi) is 19.3. The third-order valence-electron chi connectivity index (χ3n) is 13.2. The molecule has 77 heavy (non-hydrogen) atoms. The average Bonchev–Trinajstić information content (AvgIpc) is 4.26. The molecule has 3 radical (unpaired) electrons. The quantitative estimate of drug-likeness (QED) is 0.149. The van der Waals surface area contributed by atoms with Gasteiger partial charge >= 0.3 is 0 Å². The molecule has 5 aromatic heterocycles. The topological polar surface area (TPSA) is 71.5 Å². The molecule has 0 bridgehead atoms. The predicted molar refractivity (Wildman–Crippen MR) is 308 cm³/mol. The van der Waals surface area contributed by atoms with E-state index >= 15 is 0 Å². The molecule has 0 aliphatic heterocycles. The number of aromatic nitrogens is 7. The molecule has 0 atom stereocenters. The number of hydrogen-bond donors (Lipinski definition) is 0. The smallest absolute Gasteiger partial charge is 0.120 e. The summed E-state index contributed by atoms with van der Waals surface area (Å²) < 4.78 is 16.6. The molecule has 0 unspecified atom stereocenters. The van der Waals surface area contributed by atoms with Crippen molar-refractivity contribution in [3.8, 4) is 56.9 Å². The monoisotopic (exact) mass is 1670 g/mol. The molecule has 7 aromatic carbocycles. The summed E-state index contributed by atoms with van der Waals surface area (Å²) in [6, 6.07) is 53.5. The van der Waals surface area contributed by atoms with Gasteiger partial charge in [0.25, 0.3) is 0 Å². The number of furan rings is 1. The van der Waals surface area contributed by atoms with E-state index < -0.39 is 0 Å². The van der Waals surface area contributed by atoms with Crippen LogP contribution in [0.1, 0.15) is 50.3 Å². The SMILES string of the molecule is Cc1cc(Br)cc(Br)c1-n1ccnc1-c1[c-]ccc(-n2c(C)ccc2C)c1.Cc1cc(C)c(-n2ccnc2-c2[c-]cc3oc4ccccc4c3c2)c(C)c1.Cc1cc(C)c(-n2ccnc2-c2[c-]cccc2)c(C)c1.[Ir].[Ir].[Ir]. The molecule has 13 heteroatoms. The summed E-state index contributed by atoms with van der Waals surface area (Å²) in [5.41, 5.74) is 20.4. The predicted octanol–water partition coefficient (Wildman–Crippen LogP) is 17.0. The summed E-state index contributed by atoms with van der Waals surface area (Å²) in [7, 11) is 0. The van der Waals surface area contributed by atoms with Crippen molar-refractivity contribution in [3.05, 3.63) is 242 Å². The van der Waals surface area contributed by atoms with E-state index in [0.717, 1.165) is 82.0 Å². The molecule has 5 heterocycles. The zero-order valence-corrected chi connectivity index (χ0v) is 54.2. The van der Waals surface area contributed by atoms with E-state index in [-0.39, 0.29) is 60.3 Å². The summed E-state index contributed by atoms with van der Waals surface area (Å²) >= 11 is 7.25. The fraction of sp³-hybridized carbons (Fsp3) is 0.141. The van der Waals surface area contributed by atoms with Crippen LogP contribution in [0.5, 0.6) is 0 Å². The molecule has 0 spiro atoms. The van der Waals surface area contributed by atoms with Gasteiger partial charge in [-0.05, 0) is 142 Å². The number of hydrogen-bond acceptors (Lipinski definition) is 4. The van der Waals surface area contributed by atoms with E-state index in [0.29, 0.717) is 0 Å². The molecular weight excluding hydrogens is 1620 g/mol. The zero-order valence-electron chi connectivity index (χ0n) is 43.9. The molecule has 0 saturated heterocycles. The zero-order chi connectivity index (χ0) is 51.8. The molecule has 0 saturated carbocycles. The normalized spacial score (nSPS) is 10.7. The van der Waals surface area contributed by atoms with Crippen LogP contribution in [0, 0.1) is 80.5 Å². The molecular formula is C64H54Br2Ir3N7O-3. The second kappa shape index (κ2) is 25.3. The molecule has 0 amide bonds. The first-order valence-corrected chi connectivity index (χ1v) is 26.0. The summed E-state index contributed by atoms with van der Waals surface area (Å²) in [5, 5.41) is 2.20. The van der Waals surface area contributed by atoms with Gasteiger partial charge in [-0.15, -0.1) is 89.5 Å². The number of benzene rings is 7. The third kappa shape index (κ3) is 12.2. The first-order valence-electron chi connectivity index (χ1n) is 24.4. The second-order valence-electron chi connectivity index (χ2n) is 18.8. The summed E-state index contributed by atoms with van der Waals surface area (Å²) in [6.07, 6.45) is 11.5. The number of rotatable bonds is 7. The minimum absolute atomic E-state index is 0. The van der Waals surface area contributed by atoms with Crippen molar-refractivity contribution in [2.24, 2.45) is 0 Å². The number of para-hydroxylation sites is 1. The molecule has 395 valence electrons. The third-order valence-corrected chi connectivity index (χ3v) is 14.3. The van der Waals surface area contributed by atoms with Crippen molar-refractivity contribution in [1.29, 1.82) is 0 Å². The van der Waals surface area contributed by atoms with Gasteiger partial charge in [-0.1, -0.05) is 74.9 Å². The van der Waals surface area contributed by atoms with Gasteiger partial charge in [0.2, 0.25) is 0 Å². The van der Waals surface area contributed by atoms with Crippen molar-refractivity contribution in [3.63, 3.8) is 0 Å². The van der Waals surface area contributed by atoms with Crippen molar-refractivity contribution >= 4 is 53.8 Å². The fourth-order valence-electron chi connectivity index (χ4n) is 10.3. The van der Waals surface area contributed by atoms with Gasteiger partial charge in [0.05, 0.1) is 28.7 Å². The van der Waals surface area contributed by atoms with Crippen LogP contribution < -0.4 is 0 Å². The van der Waals surface area contributed by atoms with Crippen LogP contribution in [-0.2, 0) is 60.3 Å². The van der Waals surface area contributed by atoms with E-state index in [1.807, 2.05) is 91.8 Å². The molecule has 12 aromatic rings. The molecule has 0 aliphatic rings. The number of aryl methyl sites for hydroxylation is 9.